The molecule has 8 unspecified atom stereocenters. The van der Waals surface area contributed by atoms with Gasteiger partial charge in [0.25, 0.3) is 0 Å². The van der Waals surface area contributed by atoms with Gasteiger partial charge in [-0.15, -0.1) is 0 Å². The van der Waals surface area contributed by atoms with Gasteiger partial charge >= 0.3 is 281 Å². The molecule has 0 radical (unpaired) electrons. The summed E-state index contributed by atoms with van der Waals surface area (Å²) in [4.78, 5) is 119. The summed E-state index contributed by atoms with van der Waals surface area (Å²) in [7, 11) is 0. The van der Waals surface area contributed by atoms with Crippen LogP contribution in [0, 0.1) is 23.7 Å². The fraction of sp³-hybridized carbons (Fsp3) is 0.381. The van der Waals surface area contributed by atoms with Crippen LogP contribution in [0.5, 0.6) is 0 Å². The van der Waals surface area contributed by atoms with Gasteiger partial charge in [0.2, 0.25) is 11.8 Å². The predicted molar refractivity (Wildman–Crippen MR) is 558 cm³/mol. The molecule has 10 heterocycles. The molecular weight excluding hydrogens is 1860 g/mol. The second kappa shape index (κ2) is 53.5. The fourth-order valence-electron chi connectivity index (χ4n) is 19.3. The number of pyridine rings is 6. The zero-order valence-corrected chi connectivity index (χ0v) is 85.1. The van der Waals surface area contributed by atoms with E-state index < -0.39 is 9.00 Å². The van der Waals surface area contributed by atoms with Crippen molar-refractivity contribution in [3.63, 3.8) is 0 Å². The number of para-hydroxylation sites is 4. The van der Waals surface area contributed by atoms with E-state index in [2.05, 4.69) is 164 Å². The summed E-state index contributed by atoms with van der Waals surface area (Å²) < 4.78 is 2.86. The van der Waals surface area contributed by atoms with Crippen LogP contribution in [0.4, 0.5) is 22.7 Å². The SMILES string of the molecule is CCCCC1C(=O)C(CC(=O)c2ccccn2)Cc2ccccc21.CCCCC1C(=O)C(CCc2ccccn2)Cc2ccccc21.CCCCN1C(=O)C(CC(=O)c2ccccn2)Cc2ccccc21.CCCCN1C(=O)C(CCc2ccccn2)Cc2ccccc21.CCCCN1[Se]C(O)(CC(=O)c2ccccn2)c2ccccc21.CCCCN1[Se]C(O)(CCc2ccccn2)c2ccccc21. The molecule has 6 aromatic carbocycles. The minimum absolute atomic E-state index is 0.0393. The van der Waals surface area contributed by atoms with Gasteiger partial charge in [-0.25, -0.2) is 0 Å². The van der Waals surface area contributed by atoms with Gasteiger partial charge in [-0.05, 0) is 171 Å². The van der Waals surface area contributed by atoms with Gasteiger partial charge in [-0.2, -0.15) is 0 Å². The number of amides is 2. The molecule has 2 amide bonds. The van der Waals surface area contributed by atoms with Crippen molar-refractivity contribution >= 4 is 93.8 Å². The van der Waals surface area contributed by atoms with Crippen LogP contribution in [-0.4, -0.2) is 137 Å². The number of aryl methyl sites for hydroxylation is 3. The van der Waals surface area contributed by atoms with Crippen molar-refractivity contribution in [2.75, 3.05) is 43.8 Å². The topological polar surface area (TPSA) is 250 Å². The number of carbonyl (C=O) groups is 7. The summed E-state index contributed by atoms with van der Waals surface area (Å²) in [5, 5.41) is 22.4. The Kier molecular flexibility index (Phi) is 40.2. The molecule has 2 N–H and O–H groups in total. The van der Waals surface area contributed by atoms with Crippen molar-refractivity contribution in [1.29, 1.82) is 0 Å². The normalized spacial score (nSPS) is 19.0. The first-order chi connectivity index (χ1) is 67.9. The molecule has 0 bridgehead atoms. The number of unbranched alkanes of at least 4 members (excludes halogenated alkanes) is 6. The standard InChI is InChI=1S/C21H23NO2.C21H25NO.C20H22N2O2.C20H24N2O.C18H20N2O2Se.C18H22N2OSe/c1-2-3-9-18-17-10-5-4-8-15(17)13-16(21(18)24)14-20(23)19-11-6-7-12-22-19;1-2-3-10-20-19-11-5-4-8-16(19)15-17(21(20)23)12-13-18-9-6-7-14-22-18;1-2-3-12-22-18-10-5-4-8-15(18)13-16(20(22)24)14-19(23)17-9-6-7-11-21-17;1-2-3-14-22-19-10-5-4-8-16(19)15-17(20(22)23)11-12-18-9-6-7-13-21-18;1-2-3-12-20-16-10-5-4-8-14(16)18(22,23-20)13-17(21)15-9-6-7-11-19-15;1-2-3-14-20-17-10-5-4-9-16(17)18(21,22-20)12-11-15-8-6-7-13-19-15/h4-8,10-12,16,18H,2-3,9,13-14H2,1H3;4-9,11,14,17,20H,2-3,10,12-13,15H2,1H3;4-11,16H,2-3,12-14H2,1H3;4-10,13,17H,2-3,11-12,14-15H2,1H3;4-11,22H,2-3,12-13H2,1H3;4-10,13,21H,2-3,11-12,14H2,1H3. The van der Waals surface area contributed by atoms with Crippen LogP contribution in [0.15, 0.2) is 292 Å². The van der Waals surface area contributed by atoms with Crippen molar-refractivity contribution in [3.05, 3.63) is 371 Å². The zero-order valence-electron chi connectivity index (χ0n) is 81.6. The molecule has 18 rings (SSSR count). The number of nitrogens with zero attached hydrogens (tertiary/aromatic N) is 10. The molecule has 0 spiro atoms. The Morgan fingerprint density at radius 1 is 0.324 bits per heavy atom. The number of rotatable bonds is 36. The summed E-state index contributed by atoms with van der Waals surface area (Å²) >= 11 is -0.156. The maximum atomic E-state index is 13.0. The Balaban J connectivity index is 0.000000141. The predicted octanol–water partition coefficient (Wildman–Crippen LogP) is 22.6. The summed E-state index contributed by atoms with van der Waals surface area (Å²) in [5.41, 5.74) is 18.4. The number of Topliss-reactive ketones (excluding diaryl/α,β-unsaturated/α-hetero) is 5. The van der Waals surface area contributed by atoms with Crippen LogP contribution < -0.4 is 17.6 Å². The Hall–Kier alpha value is -11.9. The average Bonchev–Trinajstić information content (AvgIpc) is 1.61. The van der Waals surface area contributed by atoms with E-state index in [1.54, 1.807) is 67.1 Å². The third-order valence-electron chi connectivity index (χ3n) is 26.8. The molecule has 4 aliphatic heterocycles. The Morgan fingerprint density at radius 3 is 1.09 bits per heavy atom. The number of fused-ring (bicyclic) bond motifs is 6. The Morgan fingerprint density at radius 2 is 0.655 bits per heavy atom. The van der Waals surface area contributed by atoms with E-state index in [0.29, 0.717) is 42.3 Å². The number of hydrogen-bond acceptors (Lipinski definition) is 17. The van der Waals surface area contributed by atoms with E-state index in [9.17, 15) is 43.8 Å². The Bertz CT molecular complexity index is 5690. The van der Waals surface area contributed by atoms with Crippen molar-refractivity contribution in [1.82, 2.24) is 29.9 Å². The molecule has 0 saturated heterocycles. The first-order valence-electron chi connectivity index (χ1n) is 50.5. The summed E-state index contributed by atoms with van der Waals surface area (Å²) in [6.45, 7) is 16.5. The monoisotopic (exact) mass is 2000 g/mol. The summed E-state index contributed by atoms with van der Waals surface area (Å²) in [6.07, 6.45) is 33.9. The number of aromatic nitrogens is 6. The number of anilines is 4. The first kappa shape index (κ1) is 104. The van der Waals surface area contributed by atoms with Gasteiger partial charge in [0, 0.05) is 109 Å². The molecule has 0 saturated carbocycles. The minimum atomic E-state index is -1.08. The third-order valence-corrected chi connectivity index (χ3v) is 32.3. The number of carbonyl (C=O) groups excluding carboxylic acids is 7. The third kappa shape index (κ3) is 28.5. The van der Waals surface area contributed by atoms with E-state index >= 15 is 0 Å². The van der Waals surface area contributed by atoms with Crippen molar-refractivity contribution in [2.24, 2.45) is 23.7 Å². The molecule has 21 heteroatoms. The van der Waals surface area contributed by atoms with E-state index in [0.717, 1.165) is 204 Å². The van der Waals surface area contributed by atoms with Crippen molar-refractivity contribution in [2.45, 2.75) is 236 Å². The van der Waals surface area contributed by atoms with Crippen LogP contribution in [0.25, 0.3) is 0 Å². The molecular formula is C118H136N10O9Se2. The van der Waals surface area contributed by atoms with Crippen LogP contribution >= 0.6 is 0 Å². The Labute approximate surface area is 835 Å². The maximum absolute atomic E-state index is 13.0. The van der Waals surface area contributed by atoms with Gasteiger partial charge in [-0.3, -0.25) is 48.7 Å². The molecule has 6 aromatic heterocycles. The number of hydrogen-bond donors (Lipinski definition) is 2. The van der Waals surface area contributed by atoms with Crippen molar-refractivity contribution < 1.29 is 43.8 Å². The number of benzene rings is 6. The second-order valence-corrected chi connectivity index (χ2v) is 42.3. The fourth-order valence-corrected chi connectivity index (χ4v) is 24.8. The van der Waals surface area contributed by atoms with Gasteiger partial charge in [-0.1, -0.05) is 175 Å². The zero-order chi connectivity index (χ0) is 97.7. The molecule has 724 valence electrons. The number of aliphatic hydroxyl groups is 2. The van der Waals surface area contributed by atoms with Gasteiger partial charge in [0.05, 0.1) is 0 Å². The van der Waals surface area contributed by atoms with Gasteiger partial charge < -0.3 is 9.80 Å². The molecule has 6 aliphatic rings. The molecule has 8 atom stereocenters. The molecule has 2 aliphatic carbocycles. The second-order valence-electron chi connectivity index (χ2n) is 36.9. The first-order valence-corrected chi connectivity index (χ1v) is 53.7. The molecule has 12 aromatic rings. The quantitative estimate of drug-likeness (QED) is 0.0273. The van der Waals surface area contributed by atoms with Gasteiger partial charge in [0.15, 0.2) is 11.6 Å². The summed E-state index contributed by atoms with van der Waals surface area (Å²) in [5.74, 6) is 0.553. The van der Waals surface area contributed by atoms with E-state index in [4.69, 9.17) is 0 Å². The van der Waals surface area contributed by atoms with Crippen LogP contribution in [-0.2, 0) is 73.1 Å². The summed E-state index contributed by atoms with van der Waals surface area (Å²) in [6, 6.07) is 83.1. The van der Waals surface area contributed by atoms with Crippen LogP contribution in [0.3, 0.4) is 0 Å². The van der Waals surface area contributed by atoms with E-state index in [-0.39, 0.29) is 120 Å². The van der Waals surface area contributed by atoms with Crippen LogP contribution in [0.2, 0.25) is 0 Å². The molecule has 139 heavy (non-hydrogen) atoms. The average molecular weight is 2000 g/mol. The molecule has 0 fully saturated rings. The van der Waals surface area contributed by atoms with E-state index in [1.165, 1.54) is 40.8 Å². The number of ketones is 5. The molecule has 19 nitrogen and oxygen atoms in total. The van der Waals surface area contributed by atoms with Crippen molar-refractivity contribution in [3.8, 4) is 0 Å². The van der Waals surface area contributed by atoms with Gasteiger partial charge in [0.1, 0.15) is 23.0 Å². The van der Waals surface area contributed by atoms with E-state index in [1.807, 2.05) is 150 Å². The van der Waals surface area contributed by atoms with Crippen LogP contribution in [0.1, 0.15) is 275 Å².